The summed E-state index contributed by atoms with van der Waals surface area (Å²) in [4.78, 5) is 0. The van der Waals surface area contributed by atoms with Crippen molar-refractivity contribution >= 4 is 57.3 Å². The van der Waals surface area contributed by atoms with Gasteiger partial charge in [-0.1, -0.05) is 63.7 Å². The van der Waals surface area contributed by atoms with Crippen molar-refractivity contribution in [2.75, 3.05) is 14.1 Å². The molecule has 2 aromatic rings. The number of hydrogen-bond acceptors (Lipinski definition) is 1. The average molecular weight is 449 g/mol. The fraction of sp³-hybridized carbons (Fsp3) is 0.278. The number of benzene rings is 2. The first-order valence-electron chi connectivity index (χ1n) is 7.86. The molecule has 0 spiro atoms. The molecule has 134 valence electrons. The van der Waals surface area contributed by atoms with Crippen molar-refractivity contribution in [3.05, 3.63) is 48.0 Å². The fourth-order valence-electron chi connectivity index (χ4n) is 2.25. The Morgan fingerprint density at radius 3 is 2.20 bits per heavy atom. The monoisotopic (exact) mass is 448 g/mol. The van der Waals surface area contributed by atoms with E-state index in [9.17, 15) is 5.11 Å². The third-order valence-electron chi connectivity index (χ3n) is 3.49. The molecule has 0 aromatic heterocycles. The molecule has 0 saturated carbocycles. The van der Waals surface area contributed by atoms with E-state index >= 15 is 0 Å². The van der Waals surface area contributed by atoms with Gasteiger partial charge in [0.15, 0.2) is 6.21 Å². The maximum atomic E-state index is 10.2. The molecular weight excluding hydrogens is 424 g/mol. The second kappa shape index (κ2) is 10.9. The van der Waals surface area contributed by atoms with Crippen LogP contribution in [-0.2, 0) is 17.0 Å². The normalized spacial score (nSPS) is 11.0. The van der Waals surface area contributed by atoms with Crippen LogP contribution in [0.5, 0.6) is 5.75 Å². The van der Waals surface area contributed by atoms with Crippen molar-refractivity contribution in [1.82, 2.24) is 0 Å². The molecule has 2 rings (SSSR count). The summed E-state index contributed by atoms with van der Waals surface area (Å²) >= 11 is -0.556. The van der Waals surface area contributed by atoms with Gasteiger partial charge in [-0.05, 0) is 17.4 Å². The standard InChI is InChI=1S/C18H24NOPSi.2ClH.Ti/c1-19(2)13-14-8-6-7-9-17(14)21-18-12-15(22(3,4)5)10-11-16(18)20;;;/h6-13,21H,1-5H3;2*1H;/q;;;+2/p-1. The minimum absolute atomic E-state index is 0.403. The Morgan fingerprint density at radius 2 is 1.64 bits per heavy atom. The Morgan fingerprint density at radius 1 is 1.04 bits per heavy atom. The number of rotatable bonds is 4. The van der Waals surface area contributed by atoms with Crippen molar-refractivity contribution in [1.29, 1.82) is 0 Å². The zero-order valence-electron chi connectivity index (χ0n) is 15.3. The van der Waals surface area contributed by atoms with E-state index in [1.54, 1.807) is 0 Å². The minimum atomic E-state index is -1.37. The molecular formula is C18H25Cl2NOPSiTi+. The molecule has 0 amide bonds. The summed E-state index contributed by atoms with van der Waals surface area (Å²) < 4.78 is 2.06. The van der Waals surface area contributed by atoms with Crippen LogP contribution in [0.3, 0.4) is 0 Å². The first-order chi connectivity index (χ1) is 11.7. The third-order valence-corrected chi connectivity index (χ3v) is 6.93. The Bertz CT molecular complexity index is 731. The van der Waals surface area contributed by atoms with Gasteiger partial charge in [-0.25, -0.2) is 4.58 Å². The zero-order chi connectivity index (χ0) is 19.0. The van der Waals surface area contributed by atoms with Crippen LogP contribution in [0.4, 0.5) is 0 Å². The van der Waals surface area contributed by atoms with Crippen molar-refractivity contribution < 1.29 is 26.7 Å². The molecule has 1 N–H and O–H groups in total. The van der Waals surface area contributed by atoms with E-state index in [1.165, 1.54) is 16.1 Å². The molecule has 0 fully saturated rings. The van der Waals surface area contributed by atoms with Gasteiger partial charge >= 0.3 is 35.6 Å². The van der Waals surface area contributed by atoms with E-state index < -0.39 is 25.1 Å². The summed E-state index contributed by atoms with van der Waals surface area (Å²) in [5.74, 6) is 0.403. The van der Waals surface area contributed by atoms with Gasteiger partial charge in [0.2, 0.25) is 0 Å². The Labute approximate surface area is 170 Å². The number of hydrogen-bond donors (Lipinski definition) is 1. The molecule has 2 aromatic carbocycles. The van der Waals surface area contributed by atoms with Gasteiger partial charge in [0.05, 0.1) is 8.07 Å². The molecule has 0 bridgehead atoms. The predicted molar refractivity (Wildman–Crippen MR) is 114 cm³/mol. The van der Waals surface area contributed by atoms with Crippen LogP contribution in [0.25, 0.3) is 0 Å². The predicted octanol–water partition coefficient (Wildman–Crippen LogP) is 3.63. The van der Waals surface area contributed by atoms with E-state index in [1.807, 2.05) is 20.2 Å². The van der Waals surface area contributed by atoms with Crippen molar-refractivity contribution in [2.45, 2.75) is 19.6 Å². The van der Waals surface area contributed by atoms with Crippen LogP contribution in [0.1, 0.15) is 5.56 Å². The number of halogens is 2. The van der Waals surface area contributed by atoms with Gasteiger partial charge < -0.3 is 5.11 Å². The molecule has 0 aliphatic carbocycles. The topological polar surface area (TPSA) is 23.2 Å². The molecule has 0 saturated heterocycles. The van der Waals surface area contributed by atoms with Gasteiger partial charge in [-0.3, -0.25) is 0 Å². The molecule has 0 heterocycles. The Kier molecular flexibility index (Phi) is 9.95. The van der Waals surface area contributed by atoms with Gasteiger partial charge in [-0.15, -0.1) is 0 Å². The summed E-state index contributed by atoms with van der Waals surface area (Å²) in [5.41, 5.74) is 1.21. The molecule has 7 heteroatoms. The van der Waals surface area contributed by atoms with Crippen molar-refractivity contribution in [3.63, 3.8) is 0 Å². The van der Waals surface area contributed by atoms with Crippen LogP contribution in [-0.4, -0.2) is 38.1 Å². The van der Waals surface area contributed by atoms with Gasteiger partial charge in [0, 0.05) is 10.9 Å². The van der Waals surface area contributed by atoms with E-state index in [0.29, 0.717) is 14.3 Å². The van der Waals surface area contributed by atoms with E-state index in [-0.39, 0.29) is 0 Å². The van der Waals surface area contributed by atoms with Crippen molar-refractivity contribution in [3.8, 4) is 5.75 Å². The van der Waals surface area contributed by atoms with Gasteiger partial charge in [-0.2, -0.15) is 0 Å². The number of aromatic hydroxyl groups is 1. The second-order valence-electron chi connectivity index (χ2n) is 6.86. The molecule has 1 atom stereocenters. The number of phenolic OH excluding ortho intramolecular Hbond substituents is 1. The van der Waals surface area contributed by atoms with Gasteiger partial charge in [0.25, 0.3) is 0 Å². The molecule has 2 nitrogen and oxygen atoms in total. The summed E-state index contributed by atoms with van der Waals surface area (Å²) in [5, 5.41) is 13.9. The molecule has 1 unspecified atom stereocenters. The first-order valence-corrected chi connectivity index (χ1v) is 16.7. The maximum absolute atomic E-state index is 10.2. The van der Waals surface area contributed by atoms with Crippen LogP contribution >= 0.6 is 27.2 Å². The molecule has 0 radical (unpaired) electrons. The quantitative estimate of drug-likeness (QED) is 0.328. The Hall–Kier alpha value is -0.149. The zero-order valence-corrected chi connectivity index (χ0v) is 20.3. The fourth-order valence-corrected chi connectivity index (χ4v) is 4.76. The molecule has 0 aliphatic heterocycles. The van der Waals surface area contributed by atoms with Gasteiger partial charge in [0.1, 0.15) is 19.8 Å². The number of nitrogens with zero attached hydrogens (tertiary/aromatic N) is 1. The first kappa shape index (κ1) is 22.9. The second-order valence-corrected chi connectivity index (χ2v) is 15.8. The van der Waals surface area contributed by atoms with Crippen LogP contribution in [0.2, 0.25) is 19.6 Å². The summed E-state index contributed by atoms with van der Waals surface area (Å²) in [6.45, 7) is 7.00. The van der Waals surface area contributed by atoms with Crippen LogP contribution < -0.4 is 15.8 Å². The number of phenols is 1. The van der Waals surface area contributed by atoms with E-state index in [2.05, 4.69) is 66.8 Å². The molecule has 25 heavy (non-hydrogen) atoms. The SMILES string of the molecule is C[N+](C)=Cc1ccccc1Pc1cc([Si](C)(C)C)ccc1O.[Cl][Ti][Cl]. The van der Waals surface area contributed by atoms with Crippen LogP contribution in [0, 0.1) is 0 Å². The Balaban J connectivity index is 0.000000970. The summed E-state index contributed by atoms with van der Waals surface area (Å²) in [6, 6.07) is 14.5. The van der Waals surface area contributed by atoms with E-state index in [4.69, 9.17) is 18.6 Å². The van der Waals surface area contributed by atoms with Crippen molar-refractivity contribution in [2.24, 2.45) is 0 Å². The summed E-state index contributed by atoms with van der Waals surface area (Å²) in [7, 11) is 12.9. The average Bonchev–Trinajstić information content (AvgIpc) is 2.50. The van der Waals surface area contributed by atoms with E-state index in [0.717, 1.165) is 5.30 Å². The van der Waals surface area contributed by atoms with Crippen LogP contribution in [0.15, 0.2) is 42.5 Å². The summed E-state index contributed by atoms with van der Waals surface area (Å²) in [6.07, 6.45) is 2.13. The molecule has 0 aliphatic rings. The third kappa shape index (κ3) is 7.95.